The fourth-order valence-electron chi connectivity index (χ4n) is 4.62. The smallest absolute Gasteiger partial charge is 0.335 e. The van der Waals surface area contributed by atoms with Gasteiger partial charge in [-0.15, -0.1) is 0 Å². The van der Waals surface area contributed by atoms with Gasteiger partial charge in [0.25, 0.3) is 5.91 Å². The molecule has 2 aliphatic rings. The van der Waals surface area contributed by atoms with Crippen LogP contribution in [-0.4, -0.2) is 65.2 Å². The van der Waals surface area contributed by atoms with E-state index < -0.39 is 5.97 Å². The molecule has 0 spiro atoms. The molecule has 2 aliphatic heterocycles. The number of ether oxygens (including phenoxy) is 1. The molecule has 168 valence electrons. The summed E-state index contributed by atoms with van der Waals surface area (Å²) in [6, 6.07) is 15.4. The van der Waals surface area contributed by atoms with E-state index >= 15 is 0 Å². The van der Waals surface area contributed by atoms with Crippen molar-refractivity contribution >= 4 is 17.4 Å². The van der Waals surface area contributed by atoms with Crippen molar-refractivity contribution in [2.45, 2.75) is 38.9 Å². The third-order valence-electron chi connectivity index (χ3n) is 6.40. The summed E-state index contributed by atoms with van der Waals surface area (Å²) in [6.45, 7) is 7.70. The van der Waals surface area contributed by atoms with Crippen molar-refractivity contribution in [2.75, 3.05) is 26.3 Å². The van der Waals surface area contributed by atoms with E-state index in [-0.39, 0.29) is 18.0 Å². The summed E-state index contributed by atoms with van der Waals surface area (Å²) in [6.07, 6.45) is 2.97. The summed E-state index contributed by atoms with van der Waals surface area (Å²) in [5.74, 6) is -0.841. The van der Waals surface area contributed by atoms with E-state index in [4.69, 9.17) is 9.84 Å². The van der Waals surface area contributed by atoms with Gasteiger partial charge in [-0.3, -0.25) is 9.69 Å². The lowest BCUT2D eigenvalue weighted by Crippen LogP contribution is -2.57. The fraction of sp³-hybridized carbons (Fsp3) is 0.385. The van der Waals surface area contributed by atoms with Gasteiger partial charge in [0.1, 0.15) is 0 Å². The molecule has 0 aromatic heterocycles. The molecular formula is C26H30N2O4. The third kappa shape index (κ3) is 4.92. The number of carbonyl (C=O) groups is 2. The van der Waals surface area contributed by atoms with Crippen molar-refractivity contribution in [2.24, 2.45) is 0 Å². The third-order valence-corrected chi connectivity index (χ3v) is 6.40. The maximum atomic E-state index is 13.3. The van der Waals surface area contributed by atoms with Crippen LogP contribution in [0, 0.1) is 0 Å². The first kappa shape index (κ1) is 22.2. The van der Waals surface area contributed by atoms with Crippen LogP contribution in [0.15, 0.2) is 54.6 Å². The zero-order valence-corrected chi connectivity index (χ0v) is 18.7. The van der Waals surface area contributed by atoms with Crippen molar-refractivity contribution in [3.8, 4) is 0 Å². The van der Waals surface area contributed by atoms with Gasteiger partial charge in [-0.05, 0) is 61.2 Å². The van der Waals surface area contributed by atoms with Gasteiger partial charge >= 0.3 is 5.97 Å². The number of amides is 1. The zero-order chi connectivity index (χ0) is 22.7. The van der Waals surface area contributed by atoms with Crippen LogP contribution >= 0.6 is 0 Å². The Morgan fingerprint density at radius 1 is 1.03 bits per heavy atom. The Balaban J connectivity index is 1.43. The summed E-state index contributed by atoms with van der Waals surface area (Å²) < 4.78 is 5.40. The Labute approximate surface area is 189 Å². The second-order valence-corrected chi connectivity index (χ2v) is 8.72. The molecule has 1 amide bonds. The predicted octanol–water partition coefficient (Wildman–Crippen LogP) is 3.92. The first-order valence-corrected chi connectivity index (χ1v) is 11.2. The maximum absolute atomic E-state index is 13.3. The van der Waals surface area contributed by atoms with Gasteiger partial charge in [0.2, 0.25) is 0 Å². The zero-order valence-electron chi connectivity index (χ0n) is 18.7. The van der Waals surface area contributed by atoms with Gasteiger partial charge in [-0.2, -0.15) is 0 Å². The molecule has 2 aromatic rings. The van der Waals surface area contributed by atoms with Gasteiger partial charge in [0, 0.05) is 37.3 Å². The number of hydrogen-bond acceptors (Lipinski definition) is 4. The number of piperazine rings is 1. The Hall–Kier alpha value is -2.96. The number of benzene rings is 2. The van der Waals surface area contributed by atoms with Gasteiger partial charge in [-0.25, -0.2) is 4.79 Å². The molecule has 2 atom stereocenters. The number of rotatable bonds is 5. The SMILES string of the molecule is C[C@@H]1CN(C(=O)c2cccc(C3=CCOCC3)c2)C[C@H](C)N1Cc1ccc(C(=O)O)cc1. The topological polar surface area (TPSA) is 70.1 Å². The minimum atomic E-state index is -0.914. The van der Waals surface area contributed by atoms with Crippen LogP contribution in [-0.2, 0) is 11.3 Å². The number of nitrogens with zero attached hydrogens (tertiary/aromatic N) is 2. The van der Waals surface area contributed by atoms with Crippen LogP contribution in [0.4, 0.5) is 0 Å². The number of aromatic carboxylic acids is 1. The Bertz CT molecular complexity index is 1000. The molecule has 0 radical (unpaired) electrons. The summed E-state index contributed by atoms with van der Waals surface area (Å²) in [4.78, 5) is 28.7. The lowest BCUT2D eigenvalue weighted by atomic mass is 9.98. The minimum absolute atomic E-state index is 0.0728. The Morgan fingerprint density at radius 3 is 2.38 bits per heavy atom. The minimum Gasteiger partial charge on any atom is -0.478 e. The van der Waals surface area contributed by atoms with E-state index in [0.29, 0.717) is 25.3 Å². The quantitative estimate of drug-likeness (QED) is 0.772. The van der Waals surface area contributed by atoms with Crippen LogP contribution in [0.3, 0.4) is 0 Å². The molecule has 2 heterocycles. The largest absolute Gasteiger partial charge is 0.478 e. The first-order chi connectivity index (χ1) is 15.4. The van der Waals surface area contributed by atoms with Crippen LogP contribution in [0.2, 0.25) is 0 Å². The van der Waals surface area contributed by atoms with E-state index in [1.54, 1.807) is 12.1 Å². The molecular weight excluding hydrogens is 404 g/mol. The van der Waals surface area contributed by atoms with Gasteiger partial charge in [0.15, 0.2) is 0 Å². The van der Waals surface area contributed by atoms with Crippen molar-refractivity contribution in [1.29, 1.82) is 0 Å². The van der Waals surface area contributed by atoms with Crippen LogP contribution in [0.25, 0.3) is 5.57 Å². The second kappa shape index (κ2) is 9.67. The van der Waals surface area contributed by atoms with Gasteiger partial charge in [-0.1, -0.05) is 30.3 Å². The molecule has 0 aliphatic carbocycles. The van der Waals surface area contributed by atoms with Crippen molar-refractivity contribution in [3.05, 3.63) is 76.9 Å². The summed E-state index contributed by atoms with van der Waals surface area (Å²) >= 11 is 0. The molecule has 2 aromatic carbocycles. The van der Waals surface area contributed by atoms with Crippen molar-refractivity contribution in [1.82, 2.24) is 9.80 Å². The molecule has 1 N–H and O–H groups in total. The highest BCUT2D eigenvalue weighted by atomic mass is 16.5. The number of carboxylic acids is 1. The van der Waals surface area contributed by atoms with E-state index in [9.17, 15) is 9.59 Å². The second-order valence-electron chi connectivity index (χ2n) is 8.72. The highest BCUT2D eigenvalue weighted by Gasteiger charge is 2.32. The van der Waals surface area contributed by atoms with Gasteiger partial charge in [0.05, 0.1) is 18.8 Å². The molecule has 0 unspecified atom stereocenters. The molecule has 1 saturated heterocycles. The standard InChI is InChI=1S/C26H30N2O4/c1-18-15-27(16-19(2)28(18)17-20-6-8-22(9-7-20)26(30)31)25(29)24-5-3-4-23(14-24)21-10-12-32-13-11-21/h3-10,14,18-19H,11-13,15-17H2,1-2H3,(H,30,31)/t18-,19+. The number of carboxylic acid groups (broad SMARTS) is 1. The molecule has 1 fully saturated rings. The molecule has 6 heteroatoms. The number of hydrogen-bond donors (Lipinski definition) is 1. The first-order valence-electron chi connectivity index (χ1n) is 11.2. The van der Waals surface area contributed by atoms with Crippen LogP contribution in [0.1, 0.15) is 52.1 Å². The summed E-state index contributed by atoms with van der Waals surface area (Å²) in [7, 11) is 0. The van der Waals surface area contributed by atoms with Crippen LogP contribution in [0.5, 0.6) is 0 Å². The number of carbonyl (C=O) groups excluding carboxylic acids is 1. The molecule has 6 nitrogen and oxygen atoms in total. The van der Waals surface area contributed by atoms with Crippen LogP contribution < -0.4 is 0 Å². The highest BCUT2D eigenvalue weighted by Crippen LogP contribution is 2.24. The monoisotopic (exact) mass is 434 g/mol. The average Bonchev–Trinajstić information content (AvgIpc) is 2.81. The normalized spacial score (nSPS) is 21.8. The van der Waals surface area contributed by atoms with E-state index in [1.165, 1.54) is 5.57 Å². The van der Waals surface area contributed by atoms with E-state index in [0.717, 1.165) is 36.3 Å². The summed E-state index contributed by atoms with van der Waals surface area (Å²) in [5, 5.41) is 9.09. The lowest BCUT2D eigenvalue weighted by Gasteiger charge is -2.44. The average molecular weight is 435 g/mol. The Kier molecular flexibility index (Phi) is 6.72. The Morgan fingerprint density at radius 2 is 1.75 bits per heavy atom. The summed E-state index contributed by atoms with van der Waals surface area (Å²) in [5.41, 5.74) is 4.44. The van der Waals surface area contributed by atoms with E-state index in [2.05, 4.69) is 30.9 Å². The lowest BCUT2D eigenvalue weighted by molar-refractivity contribution is 0.0269. The van der Waals surface area contributed by atoms with Crippen molar-refractivity contribution < 1.29 is 19.4 Å². The van der Waals surface area contributed by atoms with Gasteiger partial charge < -0.3 is 14.7 Å². The van der Waals surface area contributed by atoms with E-state index in [1.807, 2.05) is 35.2 Å². The van der Waals surface area contributed by atoms with Crippen molar-refractivity contribution in [3.63, 3.8) is 0 Å². The fourth-order valence-corrected chi connectivity index (χ4v) is 4.62. The highest BCUT2D eigenvalue weighted by molar-refractivity contribution is 5.95. The molecule has 0 bridgehead atoms. The maximum Gasteiger partial charge on any atom is 0.335 e. The molecule has 0 saturated carbocycles. The molecule has 4 rings (SSSR count). The molecule has 32 heavy (non-hydrogen) atoms. The predicted molar refractivity (Wildman–Crippen MR) is 124 cm³/mol.